The molecule has 1 aromatic rings. The highest BCUT2D eigenvalue weighted by Gasteiger charge is 2.65. The van der Waals surface area contributed by atoms with E-state index in [0.29, 0.717) is 30.3 Å². The van der Waals surface area contributed by atoms with E-state index in [0.717, 1.165) is 6.42 Å². The first-order valence-corrected chi connectivity index (χ1v) is 8.49. The fourth-order valence-corrected chi connectivity index (χ4v) is 5.51. The van der Waals surface area contributed by atoms with Crippen LogP contribution in [0.2, 0.25) is 0 Å². The fraction of sp³-hybridized carbons (Fsp3) is 0.550. The SMILES string of the molecule is C[C@@]12CCC[C@@]13C=CC(=O)[C@H]3C(COCc1ccccc1)C2. The lowest BCUT2D eigenvalue weighted by atomic mass is 9.67. The van der Waals surface area contributed by atoms with Gasteiger partial charge < -0.3 is 4.74 Å². The zero-order chi connectivity index (χ0) is 15.2. The summed E-state index contributed by atoms with van der Waals surface area (Å²) in [6, 6.07) is 10.3. The normalized spacial score (nSPS) is 39.2. The molecule has 2 saturated carbocycles. The number of hydrogen-bond acceptors (Lipinski definition) is 2. The van der Waals surface area contributed by atoms with Gasteiger partial charge in [-0.1, -0.05) is 49.8 Å². The molecule has 0 amide bonds. The van der Waals surface area contributed by atoms with E-state index in [9.17, 15) is 4.79 Å². The van der Waals surface area contributed by atoms with Crippen molar-refractivity contribution in [3.63, 3.8) is 0 Å². The summed E-state index contributed by atoms with van der Waals surface area (Å²) in [7, 11) is 0. The Bertz CT molecular complexity index is 605. The van der Waals surface area contributed by atoms with E-state index >= 15 is 0 Å². The molecule has 3 aliphatic carbocycles. The largest absolute Gasteiger partial charge is 0.376 e. The Labute approximate surface area is 132 Å². The molecular weight excluding hydrogens is 272 g/mol. The van der Waals surface area contributed by atoms with Crippen molar-refractivity contribution in [1.29, 1.82) is 0 Å². The summed E-state index contributed by atoms with van der Waals surface area (Å²) in [5.41, 5.74) is 1.66. The monoisotopic (exact) mass is 296 g/mol. The highest BCUT2D eigenvalue weighted by atomic mass is 16.5. The Hall–Kier alpha value is -1.41. The standard InChI is InChI=1S/C20H24O2/c1-19-9-5-10-20(19)11-8-17(21)18(20)16(12-19)14-22-13-15-6-3-2-4-7-15/h2-4,6-8,11,16,18H,5,9-10,12-14H2,1H3/t16?,18-,19+,20+/m1/s1. The van der Waals surface area contributed by atoms with Crippen molar-refractivity contribution in [2.24, 2.45) is 22.7 Å². The summed E-state index contributed by atoms with van der Waals surface area (Å²) in [6.07, 6.45) is 8.97. The smallest absolute Gasteiger partial charge is 0.159 e. The molecule has 1 aromatic carbocycles. The fourth-order valence-electron chi connectivity index (χ4n) is 5.51. The minimum atomic E-state index is 0.144. The van der Waals surface area contributed by atoms with Gasteiger partial charge >= 0.3 is 0 Å². The second-order valence-corrected chi connectivity index (χ2v) is 7.63. The number of rotatable bonds is 4. The molecule has 2 fully saturated rings. The number of hydrogen-bond donors (Lipinski definition) is 0. The van der Waals surface area contributed by atoms with E-state index in [1.165, 1.54) is 24.8 Å². The summed E-state index contributed by atoms with van der Waals surface area (Å²) in [5, 5.41) is 0. The van der Waals surface area contributed by atoms with Crippen molar-refractivity contribution >= 4 is 5.78 Å². The molecule has 0 radical (unpaired) electrons. The van der Waals surface area contributed by atoms with Crippen LogP contribution in [0, 0.1) is 22.7 Å². The van der Waals surface area contributed by atoms with Gasteiger partial charge in [-0.15, -0.1) is 0 Å². The van der Waals surface area contributed by atoms with E-state index in [4.69, 9.17) is 4.74 Å². The van der Waals surface area contributed by atoms with Crippen LogP contribution in [0.1, 0.15) is 38.2 Å². The van der Waals surface area contributed by atoms with E-state index in [-0.39, 0.29) is 11.3 Å². The lowest BCUT2D eigenvalue weighted by Gasteiger charge is -2.36. The lowest BCUT2D eigenvalue weighted by Crippen LogP contribution is -2.34. The molecule has 3 aliphatic rings. The first-order chi connectivity index (χ1) is 10.6. The molecule has 1 spiro atoms. The number of allylic oxidation sites excluding steroid dienone is 2. The van der Waals surface area contributed by atoms with Gasteiger partial charge in [-0.05, 0) is 42.2 Å². The van der Waals surface area contributed by atoms with Gasteiger partial charge in [0.1, 0.15) is 0 Å². The average Bonchev–Trinajstić information content (AvgIpc) is 3.08. The average molecular weight is 296 g/mol. The maximum absolute atomic E-state index is 12.4. The molecule has 4 rings (SSSR count). The summed E-state index contributed by atoms with van der Waals surface area (Å²) in [4.78, 5) is 12.4. The molecule has 1 unspecified atom stereocenters. The van der Waals surface area contributed by atoms with Gasteiger partial charge in [-0.2, -0.15) is 0 Å². The van der Waals surface area contributed by atoms with Crippen LogP contribution in [-0.2, 0) is 16.1 Å². The second kappa shape index (κ2) is 5.06. The second-order valence-electron chi connectivity index (χ2n) is 7.63. The Morgan fingerprint density at radius 2 is 2.05 bits per heavy atom. The Kier molecular flexibility index (Phi) is 3.26. The minimum Gasteiger partial charge on any atom is -0.376 e. The predicted octanol–water partition coefficient (Wildman–Crippen LogP) is 4.15. The topological polar surface area (TPSA) is 26.3 Å². The van der Waals surface area contributed by atoms with E-state index in [2.05, 4.69) is 25.1 Å². The van der Waals surface area contributed by atoms with Crippen molar-refractivity contribution in [3.05, 3.63) is 48.0 Å². The maximum Gasteiger partial charge on any atom is 0.159 e. The Morgan fingerprint density at radius 1 is 1.23 bits per heavy atom. The number of benzene rings is 1. The summed E-state index contributed by atoms with van der Waals surface area (Å²) >= 11 is 0. The summed E-state index contributed by atoms with van der Waals surface area (Å²) in [6.45, 7) is 3.76. The zero-order valence-corrected chi connectivity index (χ0v) is 13.3. The molecule has 22 heavy (non-hydrogen) atoms. The number of carbonyl (C=O) groups excluding carboxylic acids is 1. The third-order valence-electron chi connectivity index (χ3n) is 6.48. The number of carbonyl (C=O) groups is 1. The van der Waals surface area contributed by atoms with Crippen LogP contribution >= 0.6 is 0 Å². The molecule has 0 heterocycles. The van der Waals surface area contributed by atoms with E-state index in [1.807, 2.05) is 24.3 Å². The minimum absolute atomic E-state index is 0.144. The molecule has 0 aliphatic heterocycles. The van der Waals surface area contributed by atoms with Crippen LogP contribution in [0.5, 0.6) is 0 Å². The van der Waals surface area contributed by atoms with Crippen molar-refractivity contribution in [1.82, 2.24) is 0 Å². The van der Waals surface area contributed by atoms with Crippen LogP contribution in [0.4, 0.5) is 0 Å². The van der Waals surface area contributed by atoms with Gasteiger partial charge in [0.15, 0.2) is 5.78 Å². The highest BCUT2D eigenvalue weighted by Crippen LogP contribution is 2.69. The highest BCUT2D eigenvalue weighted by molar-refractivity contribution is 5.96. The molecule has 2 nitrogen and oxygen atoms in total. The quantitative estimate of drug-likeness (QED) is 0.834. The third kappa shape index (κ3) is 1.93. The first-order valence-electron chi connectivity index (χ1n) is 8.49. The van der Waals surface area contributed by atoms with Gasteiger partial charge in [0.05, 0.1) is 13.2 Å². The van der Waals surface area contributed by atoms with Gasteiger partial charge in [0.25, 0.3) is 0 Å². The van der Waals surface area contributed by atoms with Crippen molar-refractivity contribution in [2.45, 2.75) is 39.2 Å². The lowest BCUT2D eigenvalue weighted by molar-refractivity contribution is -0.121. The van der Waals surface area contributed by atoms with Gasteiger partial charge in [0.2, 0.25) is 0 Å². The molecule has 0 bridgehead atoms. The third-order valence-corrected chi connectivity index (χ3v) is 6.48. The van der Waals surface area contributed by atoms with E-state index < -0.39 is 0 Å². The number of ketones is 1. The van der Waals surface area contributed by atoms with Crippen molar-refractivity contribution in [2.75, 3.05) is 6.61 Å². The Balaban J connectivity index is 1.46. The first kappa shape index (κ1) is 14.2. The maximum atomic E-state index is 12.4. The van der Waals surface area contributed by atoms with Gasteiger partial charge in [-0.25, -0.2) is 0 Å². The van der Waals surface area contributed by atoms with Crippen LogP contribution < -0.4 is 0 Å². The summed E-state index contributed by atoms with van der Waals surface area (Å²) < 4.78 is 5.99. The summed E-state index contributed by atoms with van der Waals surface area (Å²) in [5.74, 6) is 0.909. The molecule has 0 saturated heterocycles. The van der Waals surface area contributed by atoms with Crippen LogP contribution in [0.25, 0.3) is 0 Å². The molecule has 0 aromatic heterocycles. The molecular formula is C20H24O2. The van der Waals surface area contributed by atoms with Crippen molar-refractivity contribution < 1.29 is 9.53 Å². The predicted molar refractivity (Wildman–Crippen MR) is 86.2 cm³/mol. The Morgan fingerprint density at radius 3 is 2.86 bits per heavy atom. The zero-order valence-electron chi connectivity index (χ0n) is 13.3. The molecule has 116 valence electrons. The van der Waals surface area contributed by atoms with Gasteiger partial charge in [0, 0.05) is 11.3 Å². The number of ether oxygens (including phenoxy) is 1. The van der Waals surface area contributed by atoms with Crippen LogP contribution in [0.3, 0.4) is 0 Å². The van der Waals surface area contributed by atoms with E-state index in [1.54, 1.807) is 0 Å². The van der Waals surface area contributed by atoms with Crippen LogP contribution in [0.15, 0.2) is 42.5 Å². The van der Waals surface area contributed by atoms with Crippen molar-refractivity contribution in [3.8, 4) is 0 Å². The van der Waals surface area contributed by atoms with Gasteiger partial charge in [-0.3, -0.25) is 4.79 Å². The molecule has 2 heteroatoms. The van der Waals surface area contributed by atoms with Crippen LogP contribution in [-0.4, -0.2) is 12.4 Å². The molecule has 4 atom stereocenters. The molecule has 0 N–H and O–H groups in total.